The molecule has 3 N–H and O–H groups in total. The number of benzene rings is 1. The van der Waals surface area contributed by atoms with Crippen LogP contribution in [0.4, 0.5) is 4.79 Å². The molecule has 3 heterocycles. The molecular weight excluding hydrogens is 598 g/mol. The van der Waals surface area contributed by atoms with Gasteiger partial charge in [-0.15, -0.1) is 0 Å². The van der Waals surface area contributed by atoms with Crippen LogP contribution in [0.1, 0.15) is 70.9 Å². The van der Waals surface area contributed by atoms with Crippen LogP contribution in [0.25, 0.3) is 0 Å². The lowest BCUT2D eigenvalue weighted by atomic mass is 9.50. The molecule has 6 atom stereocenters. The number of phenols is 1. The van der Waals surface area contributed by atoms with Crippen LogP contribution in [0.3, 0.4) is 0 Å². The molecule has 1 spiro atoms. The summed E-state index contributed by atoms with van der Waals surface area (Å²) in [6.45, 7) is 7.72. The average Bonchev–Trinajstić information content (AvgIpc) is 3.60. The normalized spacial score (nSPS) is 30.0. The van der Waals surface area contributed by atoms with E-state index in [9.17, 15) is 29.4 Å². The summed E-state index contributed by atoms with van der Waals surface area (Å²) in [5.41, 5.74) is -1.03. The predicted molar refractivity (Wildman–Crippen MR) is 162 cm³/mol. The number of esters is 2. The highest BCUT2D eigenvalue weighted by molar-refractivity contribution is 5.86. The second kappa shape index (κ2) is 11.4. The molecule has 0 saturated carbocycles. The van der Waals surface area contributed by atoms with Gasteiger partial charge in [-0.1, -0.05) is 6.07 Å². The summed E-state index contributed by atoms with van der Waals surface area (Å²) in [7, 11) is 1.99. The number of aliphatic hydroxyl groups is 1. The molecule has 2 amide bonds. The highest BCUT2D eigenvalue weighted by atomic mass is 16.6. The van der Waals surface area contributed by atoms with E-state index in [4.69, 9.17) is 18.9 Å². The van der Waals surface area contributed by atoms with Crippen LogP contribution in [0, 0.1) is 0 Å². The first-order valence-corrected chi connectivity index (χ1v) is 16.0. The summed E-state index contributed by atoms with van der Waals surface area (Å²) < 4.78 is 22.8. The largest absolute Gasteiger partial charge is 0.504 e. The van der Waals surface area contributed by atoms with E-state index in [1.54, 1.807) is 32.9 Å². The Balaban J connectivity index is 1.05. The van der Waals surface area contributed by atoms with Gasteiger partial charge in [0.1, 0.15) is 17.4 Å². The number of hydrogen-bond donors (Lipinski definition) is 3. The zero-order valence-corrected chi connectivity index (χ0v) is 27.0. The molecular formula is C33H43N3O10. The van der Waals surface area contributed by atoms with E-state index in [0.29, 0.717) is 44.5 Å². The molecule has 0 aromatic heterocycles. The molecule has 0 radical (unpaired) electrons. The molecule has 3 aliphatic heterocycles. The number of ether oxygens (including phenoxy) is 4. The Morgan fingerprint density at radius 1 is 1.20 bits per heavy atom. The van der Waals surface area contributed by atoms with Gasteiger partial charge in [0.05, 0.1) is 17.4 Å². The Bertz CT molecular complexity index is 1490. The number of carbonyl (C=O) groups excluding carboxylic acids is 4. The van der Waals surface area contributed by atoms with E-state index in [0.717, 1.165) is 11.1 Å². The van der Waals surface area contributed by atoms with E-state index in [1.165, 1.54) is 11.8 Å². The van der Waals surface area contributed by atoms with Crippen LogP contribution in [0.5, 0.6) is 11.5 Å². The lowest BCUT2D eigenvalue weighted by Gasteiger charge is -2.61. The van der Waals surface area contributed by atoms with Gasteiger partial charge in [0.25, 0.3) is 0 Å². The van der Waals surface area contributed by atoms with E-state index >= 15 is 0 Å². The van der Waals surface area contributed by atoms with Crippen LogP contribution < -0.4 is 10.1 Å². The number of likely N-dealkylation sites (tertiary alicyclic amines) is 2. The summed E-state index contributed by atoms with van der Waals surface area (Å²) >= 11 is 0. The Kier molecular flexibility index (Phi) is 7.99. The Morgan fingerprint density at radius 3 is 2.70 bits per heavy atom. The van der Waals surface area contributed by atoms with E-state index in [2.05, 4.69) is 10.2 Å². The molecule has 46 heavy (non-hydrogen) atoms. The molecule has 1 aromatic carbocycles. The first-order valence-electron chi connectivity index (χ1n) is 16.0. The lowest BCUT2D eigenvalue weighted by Crippen LogP contribution is -2.74. The number of hydrogen-bond acceptors (Lipinski definition) is 11. The van der Waals surface area contributed by atoms with Crippen molar-refractivity contribution in [2.24, 2.45) is 0 Å². The fraction of sp³-hybridized carbons (Fsp3) is 0.636. The van der Waals surface area contributed by atoms with Gasteiger partial charge >= 0.3 is 18.0 Å². The van der Waals surface area contributed by atoms with E-state index in [-0.39, 0.29) is 36.9 Å². The SMILES string of the molecule is C[C@H](OC(=O)CCNC(=O)[C@@H]1CCCN1C(=O)OC(C)(C)C)C(=O)OC1=CC[C@@]2(O)[C@H]3Cc4ccc(O)c5c4[C@@]2(CCN3C)[C@H]1O5. The van der Waals surface area contributed by atoms with Crippen molar-refractivity contribution in [3.05, 3.63) is 35.1 Å². The molecule has 0 unspecified atom stereocenters. The fourth-order valence-corrected chi connectivity index (χ4v) is 7.92. The first kappa shape index (κ1) is 32.1. The third-order valence-electron chi connectivity index (χ3n) is 10.0. The number of piperidine rings is 1. The molecule has 2 fully saturated rings. The monoisotopic (exact) mass is 641 g/mol. The molecule has 13 heteroatoms. The van der Waals surface area contributed by atoms with Gasteiger partial charge in [0.2, 0.25) is 5.91 Å². The number of nitrogens with one attached hydrogen (secondary N) is 1. The van der Waals surface area contributed by atoms with Gasteiger partial charge in [-0.25, -0.2) is 9.59 Å². The number of aromatic hydroxyl groups is 1. The maximum Gasteiger partial charge on any atom is 0.410 e. The van der Waals surface area contributed by atoms with Crippen molar-refractivity contribution < 1.29 is 48.3 Å². The van der Waals surface area contributed by atoms with Crippen LogP contribution in [0.15, 0.2) is 24.0 Å². The van der Waals surface area contributed by atoms with Crippen molar-refractivity contribution in [2.75, 3.05) is 26.7 Å². The molecule has 6 rings (SSSR count). The van der Waals surface area contributed by atoms with E-state index in [1.807, 2.05) is 13.1 Å². The van der Waals surface area contributed by atoms with Crippen LogP contribution in [-0.2, 0) is 40.4 Å². The van der Waals surface area contributed by atoms with Crippen molar-refractivity contribution in [3.63, 3.8) is 0 Å². The van der Waals surface area contributed by atoms with Gasteiger partial charge in [-0.05, 0) is 84.7 Å². The molecule has 250 valence electrons. The van der Waals surface area contributed by atoms with Crippen LogP contribution in [0.2, 0.25) is 0 Å². The van der Waals surface area contributed by atoms with Gasteiger partial charge in [-0.2, -0.15) is 0 Å². The average molecular weight is 642 g/mol. The van der Waals surface area contributed by atoms with Gasteiger partial charge < -0.3 is 39.4 Å². The van der Waals surface area contributed by atoms with E-state index < -0.39 is 58.8 Å². The zero-order chi connectivity index (χ0) is 33.2. The highest BCUT2D eigenvalue weighted by Crippen LogP contribution is 2.65. The lowest BCUT2D eigenvalue weighted by molar-refractivity contribution is -0.175. The maximum atomic E-state index is 13.2. The summed E-state index contributed by atoms with van der Waals surface area (Å²) in [4.78, 5) is 54.6. The third-order valence-corrected chi connectivity index (χ3v) is 10.0. The first-order chi connectivity index (χ1) is 21.7. The second-order valence-electron chi connectivity index (χ2n) is 14.0. The molecule has 2 aliphatic carbocycles. The summed E-state index contributed by atoms with van der Waals surface area (Å²) in [6.07, 6.45) is 1.31. The number of carbonyl (C=O) groups is 4. The predicted octanol–water partition coefficient (Wildman–Crippen LogP) is 2.05. The van der Waals surface area contributed by atoms with Crippen LogP contribution in [-0.4, -0.2) is 106 Å². The van der Waals surface area contributed by atoms with Crippen molar-refractivity contribution in [1.82, 2.24) is 15.1 Å². The minimum atomic E-state index is -1.26. The minimum Gasteiger partial charge on any atom is -0.504 e. The Labute approximate surface area is 267 Å². The quantitative estimate of drug-likeness (QED) is 0.295. The third kappa shape index (κ3) is 5.17. The molecule has 5 aliphatic rings. The molecule has 1 aromatic rings. The minimum absolute atomic E-state index is 0.0344. The van der Waals surface area contributed by atoms with Gasteiger partial charge in [0, 0.05) is 31.1 Å². The topological polar surface area (TPSA) is 164 Å². The Hall–Kier alpha value is -3.84. The number of nitrogens with zero attached hydrogens (tertiary/aromatic N) is 2. The number of amides is 2. The summed E-state index contributed by atoms with van der Waals surface area (Å²) in [6, 6.07) is 2.59. The van der Waals surface area contributed by atoms with Gasteiger partial charge in [-0.3, -0.25) is 14.5 Å². The van der Waals surface area contributed by atoms with Crippen molar-refractivity contribution in [2.45, 2.75) is 107 Å². The van der Waals surface area contributed by atoms with Gasteiger partial charge in [0.15, 0.2) is 23.7 Å². The fourth-order valence-electron chi connectivity index (χ4n) is 7.92. The van der Waals surface area contributed by atoms with Crippen LogP contribution >= 0.6 is 0 Å². The Morgan fingerprint density at radius 2 is 1.96 bits per heavy atom. The number of phenolic OH excluding ortho intramolecular Hbond substituents is 1. The summed E-state index contributed by atoms with van der Waals surface area (Å²) in [5, 5.41) is 25.6. The maximum absolute atomic E-state index is 13.2. The molecule has 2 bridgehead atoms. The molecule has 2 saturated heterocycles. The van der Waals surface area contributed by atoms with Crippen molar-refractivity contribution in [1.29, 1.82) is 0 Å². The molecule has 13 nitrogen and oxygen atoms in total. The number of rotatable bonds is 7. The van der Waals surface area contributed by atoms with Crippen molar-refractivity contribution >= 4 is 23.9 Å². The number of likely N-dealkylation sites (N-methyl/N-ethyl adjacent to an activating group) is 1. The zero-order valence-electron chi connectivity index (χ0n) is 27.0. The summed E-state index contributed by atoms with van der Waals surface area (Å²) in [5.74, 6) is -1.43. The second-order valence-corrected chi connectivity index (χ2v) is 14.0. The van der Waals surface area contributed by atoms with Crippen molar-refractivity contribution in [3.8, 4) is 11.5 Å². The smallest absolute Gasteiger partial charge is 0.410 e. The highest BCUT2D eigenvalue weighted by Gasteiger charge is 2.72. The standard InChI is InChI=1S/C33H43N3O10/c1-18(43-24(38)11-14-34-28(39)20-7-6-15-36(20)30(41)46-31(2,3)4)29(40)44-22-10-12-33(42)23-17-19-8-9-21(37)26-25(19)32(33,27(22)45-26)13-16-35(23)5/h8-10,18,20,23,27,37,42H,6-7,11-17H2,1-5H3,(H,34,39)/t18-,20-,23+,27-,32-,33+/m0/s1.